The van der Waals surface area contributed by atoms with E-state index in [1.807, 2.05) is 17.9 Å². The normalized spacial score (nSPS) is 26.6. The van der Waals surface area contributed by atoms with Crippen molar-refractivity contribution in [2.75, 3.05) is 32.7 Å². The Morgan fingerprint density at radius 3 is 2.68 bits per heavy atom. The van der Waals surface area contributed by atoms with Crippen LogP contribution in [0.25, 0.3) is 0 Å². The Morgan fingerprint density at radius 1 is 1.23 bits per heavy atom. The molecule has 22 heavy (non-hydrogen) atoms. The van der Waals surface area contributed by atoms with E-state index in [2.05, 4.69) is 28.0 Å². The molecule has 0 unspecified atom stereocenters. The van der Waals surface area contributed by atoms with E-state index >= 15 is 0 Å². The number of aryl methyl sites for hydroxylation is 1. The van der Waals surface area contributed by atoms with Crippen LogP contribution in [0.3, 0.4) is 0 Å². The molecule has 0 amide bonds. The molecule has 2 aliphatic heterocycles. The third kappa shape index (κ3) is 3.89. The Bertz CT molecular complexity index is 467. The van der Waals surface area contributed by atoms with Crippen molar-refractivity contribution in [1.82, 2.24) is 19.6 Å². The Kier molecular flexibility index (Phi) is 5.16. The molecule has 0 bridgehead atoms. The predicted molar refractivity (Wildman–Crippen MR) is 87.6 cm³/mol. The SMILES string of the molecule is CC1CCN(C[C@@H](O)CN2CCC[C@H]2c2cnn(C)c2)CC1. The zero-order valence-electron chi connectivity index (χ0n) is 14.0. The summed E-state index contributed by atoms with van der Waals surface area (Å²) in [5.74, 6) is 0.849. The van der Waals surface area contributed by atoms with E-state index in [4.69, 9.17) is 0 Å². The van der Waals surface area contributed by atoms with Crippen LogP contribution in [0, 0.1) is 5.92 Å². The van der Waals surface area contributed by atoms with Gasteiger partial charge in [-0.15, -0.1) is 0 Å². The van der Waals surface area contributed by atoms with Crippen LogP contribution in [-0.4, -0.2) is 63.5 Å². The van der Waals surface area contributed by atoms with E-state index in [0.29, 0.717) is 6.04 Å². The van der Waals surface area contributed by atoms with Gasteiger partial charge in [0.2, 0.25) is 0 Å². The summed E-state index contributed by atoms with van der Waals surface area (Å²) in [5, 5.41) is 14.8. The van der Waals surface area contributed by atoms with E-state index in [-0.39, 0.29) is 6.10 Å². The van der Waals surface area contributed by atoms with Crippen molar-refractivity contribution in [2.24, 2.45) is 13.0 Å². The van der Waals surface area contributed by atoms with Crippen LogP contribution in [0.5, 0.6) is 0 Å². The lowest BCUT2D eigenvalue weighted by atomic mass is 9.99. The number of likely N-dealkylation sites (tertiary alicyclic amines) is 2. The molecule has 0 aliphatic carbocycles. The second-order valence-electron chi connectivity index (χ2n) is 7.24. The van der Waals surface area contributed by atoms with Gasteiger partial charge in [-0.2, -0.15) is 5.10 Å². The highest BCUT2D eigenvalue weighted by molar-refractivity contribution is 5.12. The maximum atomic E-state index is 10.5. The van der Waals surface area contributed by atoms with Gasteiger partial charge in [0.25, 0.3) is 0 Å². The number of hydrogen-bond donors (Lipinski definition) is 1. The van der Waals surface area contributed by atoms with Crippen molar-refractivity contribution in [3.05, 3.63) is 18.0 Å². The fourth-order valence-corrected chi connectivity index (χ4v) is 3.91. The maximum absolute atomic E-state index is 10.5. The van der Waals surface area contributed by atoms with Gasteiger partial charge in [-0.25, -0.2) is 0 Å². The number of hydrogen-bond acceptors (Lipinski definition) is 4. The second-order valence-corrected chi connectivity index (χ2v) is 7.24. The molecule has 3 rings (SSSR count). The first-order chi connectivity index (χ1) is 10.6. The van der Waals surface area contributed by atoms with Gasteiger partial charge in [-0.3, -0.25) is 9.58 Å². The zero-order chi connectivity index (χ0) is 15.5. The Hall–Kier alpha value is -0.910. The number of aliphatic hydroxyl groups is 1. The molecule has 2 fully saturated rings. The molecule has 0 aromatic carbocycles. The van der Waals surface area contributed by atoms with Crippen molar-refractivity contribution in [1.29, 1.82) is 0 Å². The minimum Gasteiger partial charge on any atom is -0.390 e. The molecule has 1 aromatic heterocycles. The highest BCUT2D eigenvalue weighted by atomic mass is 16.3. The van der Waals surface area contributed by atoms with Gasteiger partial charge in [0, 0.05) is 37.9 Å². The molecule has 1 N–H and O–H groups in total. The summed E-state index contributed by atoms with van der Waals surface area (Å²) in [6, 6.07) is 0.435. The van der Waals surface area contributed by atoms with Crippen LogP contribution in [0.2, 0.25) is 0 Å². The van der Waals surface area contributed by atoms with E-state index < -0.39 is 0 Å². The first-order valence-corrected chi connectivity index (χ1v) is 8.75. The summed E-state index contributed by atoms with van der Waals surface area (Å²) in [6.07, 6.45) is 8.78. The summed E-state index contributed by atoms with van der Waals surface area (Å²) in [4.78, 5) is 4.87. The van der Waals surface area contributed by atoms with Crippen LogP contribution in [-0.2, 0) is 7.05 Å². The summed E-state index contributed by atoms with van der Waals surface area (Å²) in [5.41, 5.74) is 1.29. The molecule has 124 valence electrons. The molecule has 2 aliphatic rings. The fraction of sp³-hybridized carbons (Fsp3) is 0.824. The molecule has 3 heterocycles. The lowest BCUT2D eigenvalue weighted by Crippen LogP contribution is -2.43. The Morgan fingerprint density at radius 2 is 2.00 bits per heavy atom. The molecule has 0 saturated carbocycles. The lowest BCUT2D eigenvalue weighted by molar-refractivity contribution is 0.0576. The van der Waals surface area contributed by atoms with Gasteiger partial charge >= 0.3 is 0 Å². The molecular formula is C17H30N4O. The number of piperidine rings is 1. The van der Waals surface area contributed by atoms with Gasteiger partial charge < -0.3 is 10.0 Å². The number of aliphatic hydroxyl groups excluding tert-OH is 1. The molecule has 5 heteroatoms. The maximum Gasteiger partial charge on any atom is 0.0794 e. The molecule has 0 spiro atoms. The summed E-state index contributed by atoms with van der Waals surface area (Å²) >= 11 is 0. The van der Waals surface area contributed by atoms with Crippen molar-refractivity contribution >= 4 is 0 Å². The van der Waals surface area contributed by atoms with E-state index in [9.17, 15) is 5.11 Å². The lowest BCUT2D eigenvalue weighted by Gasteiger charge is -2.33. The van der Waals surface area contributed by atoms with Gasteiger partial charge in [-0.1, -0.05) is 6.92 Å². The minimum absolute atomic E-state index is 0.245. The summed E-state index contributed by atoms with van der Waals surface area (Å²) < 4.78 is 1.87. The van der Waals surface area contributed by atoms with Crippen molar-refractivity contribution < 1.29 is 5.11 Å². The van der Waals surface area contributed by atoms with Crippen molar-refractivity contribution in [3.63, 3.8) is 0 Å². The zero-order valence-corrected chi connectivity index (χ0v) is 14.0. The average molecular weight is 306 g/mol. The van der Waals surface area contributed by atoms with Crippen LogP contribution in [0.1, 0.15) is 44.2 Å². The summed E-state index contributed by atoms with van der Waals surface area (Å²) in [6.45, 7) is 7.31. The predicted octanol–water partition coefficient (Wildman–Crippen LogP) is 1.65. The van der Waals surface area contributed by atoms with Gasteiger partial charge in [0.15, 0.2) is 0 Å². The third-order valence-electron chi connectivity index (χ3n) is 5.26. The average Bonchev–Trinajstić information content (AvgIpc) is 3.10. The van der Waals surface area contributed by atoms with E-state index in [1.165, 1.54) is 31.2 Å². The topological polar surface area (TPSA) is 44.5 Å². The molecule has 1 aromatic rings. The van der Waals surface area contributed by atoms with Gasteiger partial charge in [0.1, 0.15) is 0 Å². The summed E-state index contributed by atoms with van der Waals surface area (Å²) in [7, 11) is 1.97. The minimum atomic E-state index is -0.245. The number of aromatic nitrogens is 2. The number of nitrogens with zero attached hydrogens (tertiary/aromatic N) is 4. The van der Waals surface area contributed by atoms with Crippen LogP contribution >= 0.6 is 0 Å². The first-order valence-electron chi connectivity index (χ1n) is 8.75. The van der Waals surface area contributed by atoms with Crippen LogP contribution in [0.15, 0.2) is 12.4 Å². The van der Waals surface area contributed by atoms with Crippen LogP contribution < -0.4 is 0 Å². The second kappa shape index (κ2) is 7.11. The largest absolute Gasteiger partial charge is 0.390 e. The Labute approximate surface area is 133 Å². The number of β-amino-alcohol motifs (C(OH)–C–C–N with tert-alkyl or cyclic N) is 1. The molecule has 2 saturated heterocycles. The highest BCUT2D eigenvalue weighted by Crippen LogP contribution is 2.31. The van der Waals surface area contributed by atoms with Gasteiger partial charge in [-0.05, 0) is 51.2 Å². The van der Waals surface area contributed by atoms with Crippen molar-refractivity contribution in [3.8, 4) is 0 Å². The van der Waals surface area contributed by atoms with Crippen molar-refractivity contribution in [2.45, 2.75) is 44.8 Å². The number of rotatable bonds is 5. The van der Waals surface area contributed by atoms with Crippen LogP contribution in [0.4, 0.5) is 0 Å². The fourth-order valence-electron chi connectivity index (χ4n) is 3.91. The molecule has 5 nitrogen and oxygen atoms in total. The standard InChI is InChI=1S/C17H30N4O/c1-14-5-8-20(9-6-14)12-16(22)13-21-7-3-4-17(21)15-10-18-19(2)11-15/h10-11,14,16-17,22H,3-9,12-13H2,1-2H3/t16-,17+/m1/s1. The quantitative estimate of drug-likeness (QED) is 0.898. The van der Waals surface area contributed by atoms with E-state index in [1.54, 1.807) is 0 Å². The Balaban J connectivity index is 1.51. The smallest absolute Gasteiger partial charge is 0.0794 e. The van der Waals surface area contributed by atoms with Gasteiger partial charge in [0.05, 0.1) is 12.3 Å². The third-order valence-corrected chi connectivity index (χ3v) is 5.26. The molecule has 2 atom stereocenters. The van der Waals surface area contributed by atoms with E-state index in [0.717, 1.165) is 38.6 Å². The molecule has 0 radical (unpaired) electrons. The first kappa shape index (κ1) is 16.0. The highest BCUT2D eigenvalue weighted by Gasteiger charge is 2.29. The monoisotopic (exact) mass is 306 g/mol. The molecular weight excluding hydrogens is 276 g/mol.